The van der Waals surface area contributed by atoms with Gasteiger partial charge in [0.2, 0.25) is 0 Å². The molecule has 0 fully saturated rings. The predicted molar refractivity (Wildman–Crippen MR) is 37.2 cm³/mol. The molecular formula is C6H4B2. The van der Waals surface area contributed by atoms with E-state index in [4.69, 9.17) is 15.7 Å². The molecule has 0 amide bonds. The van der Waals surface area contributed by atoms with Crippen LogP contribution in [0.3, 0.4) is 0 Å². The van der Waals surface area contributed by atoms with Crippen LogP contribution in [0.25, 0.3) is 0 Å². The summed E-state index contributed by atoms with van der Waals surface area (Å²) in [5.41, 5.74) is 1.43. The molecule has 0 unspecified atom stereocenters. The van der Waals surface area contributed by atoms with E-state index in [1.165, 1.54) is 0 Å². The van der Waals surface area contributed by atoms with Gasteiger partial charge in [0, 0.05) is 0 Å². The van der Waals surface area contributed by atoms with E-state index in [-0.39, 0.29) is 0 Å². The van der Waals surface area contributed by atoms with E-state index in [9.17, 15) is 0 Å². The minimum Gasteiger partial charge on any atom is -0.0973 e. The fourth-order valence-electron chi connectivity index (χ4n) is 0.559. The SMILES string of the molecule is [B]c1cccc([B])c1. The van der Waals surface area contributed by atoms with Crippen LogP contribution in [0.4, 0.5) is 0 Å². The molecule has 0 nitrogen and oxygen atoms in total. The number of benzene rings is 1. The Morgan fingerprint density at radius 2 is 1.50 bits per heavy atom. The molecule has 0 heterocycles. The fourth-order valence-corrected chi connectivity index (χ4v) is 0.559. The Balaban J connectivity index is 3.08. The lowest BCUT2D eigenvalue weighted by atomic mass is 9.88. The summed E-state index contributed by atoms with van der Waals surface area (Å²) in [6, 6.07) is 7.15. The highest BCUT2D eigenvalue weighted by molar-refractivity contribution is 6.37. The third-order valence-electron chi connectivity index (χ3n) is 0.911. The van der Waals surface area contributed by atoms with Crippen molar-refractivity contribution >= 4 is 26.6 Å². The predicted octanol–water partition coefficient (Wildman–Crippen LogP) is -0.726. The van der Waals surface area contributed by atoms with E-state index in [0.717, 1.165) is 0 Å². The van der Waals surface area contributed by atoms with Crippen LogP contribution < -0.4 is 10.9 Å². The smallest absolute Gasteiger partial charge is 0.0973 e. The first-order chi connectivity index (χ1) is 3.79. The van der Waals surface area contributed by atoms with Gasteiger partial charge in [-0.25, -0.2) is 0 Å². The maximum Gasteiger partial charge on any atom is 0.113 e. The maximum absolute atomic E-state index is 5.38. The highest BCUT2D eigenvalue weighted by atomic mass is 13.8. The maximum atomic E-state index is 5.38. The van der Waals surface area contributed by atoms with Gasteiger partial charge in [0.25, 0.3) is 0 Å². The van der Waals surface area contributed by atoms with Gasteiger partial charge in [-0.05, 0) is 0 Å². The van der Waals surface area contributed by atoms with Crippen LogP contribution in [-0.4, -0.2) is 15.7 Å². The Bertz CT molecular complexity index is 166. The zero-order chi connectivity index (χ0) is 5.98. The van der Waals surface area contributed by atoms with Gasteiger partial charge >= 0.3 is 0 Å². The third-order valence-corrected chi connectivity index (χ3v) is 0.911. The summed E-state index contributed by atoms with van der Waals surface area (Å²) in [5, 5.41) is 0. The fraction of sp³-hybridized carbons (Fsp3) is 0. The van der Waals surface area contributed by atoms with E-state index in [1.807, 2.05) is 6.07 Å². The molecule has 0 aliphatic carbocycles. The van der Waals surface area contributed by atoms with E-state index in [2.05, 4.69) is 0 Å². The number of hydrogen-bond donors (Lipinski definition) is 0. The molecule has 0 aliphatic heterocycles. The number of rotatable bonds is 0. The molecular weight excluding hydrogens is 93.7 g/mol. The van der Waals surface area contributed by atoms with Gasteiger partial charge in [0.1, 0.15) is 15.7 Å². The second-order valence-corrected chi connectivity index (χ2v) is 1.67. The van der Waals surface area contributed by atoms with Crippen LogP contribution in [0.2, 0.25) is 0 Å². The molecule has 34 valence electrons. The Labute approximate surface area is 51.7 Å². The lowest BCUT2D eigenvalue weighted by molar-refractivity contribution is 1.84. The lowest BCUT2D eigenvalue weighted by Crippen LogP contribution is -2.11. The average Bonchev–Trinajstić information content (AvgIpc) is 1.64. The Morgan fingerprint density at radius 1 is 1.00 bits per heavy atom. The van der Waals surface area contributed by atoms with Gasteiger partial charge in [-0.3, -0.25) is 0 Å². The van der Waals surface area contributed by atoms with Crippen molar-refractivity contribution in [2.75, 3.05) is 0 Å². The molecule has 0 N–H and O–H groups in total. The van der Waals surface area contributed by atoms with Crippen LogP contribution in [0.5, 0.6) is 0 Å². The summed E-state index contributed by atoms with van der Waals surface area (Å²) in [7, 11) is 10.8. The lowest BCUT2D eigenvalue weighted by Gasteiger charge is -1.91. The van der Waals surface area contributed by atoms with Crippen LogP contribution in [0.1, 0.15) is 0 Å². The number of hydrogen-bond acceptors (Lipinski definition) is 0. The van der Waals surface area contributed by atoms with Gasteiger partial charge in [-0.15, -0.1) is 0 Å². The first kappa shape index (κ1) is 5.49. The summed E-state index contributed by atoms with van der Waals surface area (Å²) >= 11 is 0. The molecule has 1 aromatic rings. The van der Waals surface area contributed by atoms with Crippen molar-refractivity contribution in [1.82, 2.24) is 0 Å². The second kappa shape index (κ2) is 2.08. The molecule has 0 spiro atoms. The average molecular weight is 97.7 g/mol. The molecule has 1 aromatic carbocycles. The van der Waals surface area contributed by atoms with Crippen molar-refractivity contribution in [2.45, 2.75) is 0 Å². The minimum atomic E-state index is 0.713. The quantitative estimate of drug-likeness (QED) is 0.375. The van der Waals surface area contributed by atoms with Crippen molar-refractivity contribution in [3.63, 3.8) is 0 Å². The van der Waals surface area contributed by atoms with E-state index in [0.29, 0.717) is 10.9 Å². The molecule has 0 bridgehead atoms. The van der Waals surface area contributed by atoms with Crippen molar-refractivity contribution in [3.05, 3.63) is 24.3 Å². The molecule has 0 aliphatic rings. The van der Waals surface area contributed by atoms with Gasteiger partial charge in [0.15, 0.2) is 0 Å². The van der Waals surface area contributed by atoms with Gasteiger partial charge in [0.05, 0.1) is 0 Å². The summed E-state index contributed by atoms with van der Waals surface area (Å²) in [5.74, 6) is 0. The summed E-state index contributed by atoms with van der Waals surface area (Å²) in [6.45, 7) is 0. The topological polar surface area (TPSA) is 0 Å². The van der Waals surface area contributed by atoms with E-state index >= 15 is 0 Å². The first-order valence-corrected chi connectivity index (χ1v) is 2.40. The Morgan fingerprint density at radius 3 is 1.75 bits per heavy atom. The van der Waals surface area contributed by atoms with Gasteiger partial charge in [-0.2, -0.15) is 0 Å². The molecule has 0 saturated carbocycles. The van der Waals surface area contributed by atoms with Crippen molar-refractivity contribution < 1.29 is 0 Å². The van der Waals surface area contributed by atoms with Crippen LogP contribution in [0, 0.1) is 0 Å². The highest BCUT2D eigenvalue weighted by Gasteiger charge is 1.80. The van der Waals surface area contributed by atoms with Crippen molar-refractivity contribution in [3.8, 4) is 0 Å². The van der Waals surface area contributed by atoms with Crippen molar-refractivity contribution in [2.24, 2.45) is 0 Å². The molecule has 4 radical (unpaired) electrons. The van der Waals surface area contributed by atoms with Gasteiger partial charge < -0.3 is 0 Å². The monoisotopic (exact) mass is 98.0 g/mol. The molecule has 2 heteroatoms. The highest BCUT2D eigenvalue weighted by Crippen LogP contribution is 1.73. The Kier molecular flexibility index (Phi) is 1.43. The first-order valence-electron chi connectivity index (χ1n) is 2.40. The van der Waals surface area contributed by atoms with Crippen LogP contribution in [0.15, 0.2) is 24.3 Å². The third kappa shape index (κ3) is 1.16. The molecule has 8 heavy (non-hydrogen) atoms. The minimum absolute atomic E-state index is 0.713. The van der Waals surface area contributed by atoms with Crippen LogP contribution in [-0.2, 0) is 0 Å². The molecule has 0 aromatic heterocycles. The van der Waals surface area contributed by atoms with E-state index < -0.39 is 0 Å². The van der Waals surface area contributed by atoms with E-state index in [1.54, 1.807) is 18.2 Å². The van der Waals surface area contributed by atoms with Crippen LogP contribution >= 0.6 is 0 Å². The molecule has 1 rings (SSSR count). The second-order valence-electron chi connectivity index (χ2n) is 1.67. The summed E-state index contributed by atoms with van der Waals surface area (Å²) < 4.78 is 0. The summed E-state index contributed by atoms with van der Waals surface area (Å²) in [4.78, 5) is 0. The molecule has 0 saturated heterocycles. The zero-order valence-corrected chi connectivity index (χ0v) is 4.46. The Hall–Kier alpha value is -0.650. The standard InChI is InChI=1S/C6H4B2/c7-5-2-1-3-6(8)4-5/h1-4H. The largest absolute Gasteiger partial charge is 0.113 e. The van der Waals surface area contributed by atoms with Gasteiger partial charge in [-0.1, -0.05) is 35.2 Å². The zero-order valence-electron chi connectivity index (χ0n) is 4.46. The summed E-state index contributed by atoms with van der Waals surface area (Å²) in [6.07, 6.45) is 0. The normalized spacial score (nSPS) is 9.00. The van der Waals surface area contributed by atoms with Crippen molar-refractivity contribution in [1.29, 1.82) is 0 Å². The molecule has 0 atom stereocenters.